The second kappa shape index (κ2) is 11.1. The molecule has 1 aliphatic carbocycles. The Kier molecular flexibility index (Phi) is 7.51. The summed E-state index contributed by atoms with van der Waals surface area (Å²) in [4.78, 5) is 19.6. The lowest BCUT2D eigenvalue weighted by Crippen LogP contribution is -2.32. The topological polar surface area (TPSA) is 71.4 Å². The van der Waals surface area contributed by atoms with Crippen molar-refractivity contribution in [3.8, 4) is 5.75 Å². The summed E-state index contributed by atoms with van der Waals surface area (Å²) in [6.45, 7) is 0.495. The number of para-hydroxylation sites is 2. The number of amides is 1. The third-order valence-electron chi connectivity index (χ3n) is 7.23. The van der Waals surface area contributed by atoms with Crippen LogP contribution in [-0.2, 0) is 4.79 Å². The van der Waals surface area contributed by atoms with E-state index in [0.717, 1.165) is 5.69 Å². The normalized spacial score (nSPS) is 20.2. The van der Waals surface area contributed by atoms with Crippen LogP contribution in [0.2, 0.25) is 0 Å². The molecular weight excluding hydrogens is 470 g/mol. The Hall–Kier alpha value is -3.39. The number of nitrogens with zero attached hydrogens (tertiary/aromatic N) is 3. The first-order chi connectivity index (χ1) is 17.6. The van der Waals surface area contributed by atoms with Gasteiger partial charge in [-0.2, -0.15) is 0 Å². The highest BCUT2D eigenvalue weighted by Crippen LogP contribution is 2.40. The summed E-state index contributed by atoms with van der Waals surface area (Å²) in [6, 6.07) is 16.0. The van der Waals surface area contributed by atoms with E-state index in [0.29, 0.717) is 35.6 Å². The monoisotopic (exact) mass is 503 g/mol. The average Bonchev–Trinajstić information content (AvgIpc) is 3.53. The molecule has 8 heteroatoms. The predicted molar refractivity (Wildman–Crippen MR) is 145 cm³/mol. The molecule has 1 amide bonds. The van der Waals surface area contributed by atoms with Crippen LogP contribution in [0.25, 0.3) is 0 Å². The van der Waals surface area contributed by atoms with E-state index in [-0.39, 0.29) is 18.0 Å². The molecule has 0 spiro atoms. The summed E-state index contributed by atoms with van der Waals surface area (Å²) in [6.07, 6.45) is 13.0. The van der Waals surface area contributed by atoms with Gasteiger partial charge < -0.3 is 24.8 Å². The van der Waals surface area contributed by atoms with Crippen molar-refractivity contribution < 1.29 is 9.53 Å². The fourth-order valence-electron chi connectivity index (χ4n) is 5.40. The molecule has 2 N–H and O–H groups in total. The van der Waals surface area contributed by atoms with Gasteiger partial charge in [0.2, 0.25) is 5.91 Å². The molecule has 2 aliphatic rings. The van der Waals surface area contributed by atoms with Crippen LogP contribution in [0, 0.1) is 0 Å². The van der Waals surface area contributed by atoms with Crippen LogP contribution in [0.5, 0.6) is 5.75 Å². The highest BCUT2D eigenvalue weighted by atomic mass is 32.1. The summed E-state index contributed by atoms with van der Waals surface area (Å²) < 4.78 is 7.74. The van der Waals surface area contributed by atoms with Crippen LogP contribution in [0.4, 0.5) is 5.69 Å². The molecule has 7 nitrogen and oxygen atoms in total. The lowest BCUT2D eigenvalue weighted by Gasteiger charge is -2.27. The first-order valence-electron chi connectivity index (χ1n) is 12.7. The van der Waals surface area contributed by atoms with E-state index >= 15 is 0 Å². The van der Waals surface area contributed by atoms with Crippen molar-refractivity contribution in [1.82, 2.24) is 19.8 Å². The number of ether oxygens (including phenoxy) is 1. The zero-order valence-electron chi connectivity index (χ0n) is 20.6. The number of aromatic nitrogens is 2. The van der Waals surface area contributed by atoms with E-state index in [1.165, 1.54) is 37.7 Å². The number of hydrogen-bond donors (Lipinski definition) is 2. The van der Waals surface area contributed by atoms with Crippen LogP contribution in [-0.4, -0.2) is 39.1 Å². The Morgan fingerprint density at radius 1 is 1.14 bits per heavy atom. The van der Waals surface area contributed by atoms with Crippen molar-refractivity contribution in [2.24, 2.45) is 0 Å². The highest BCUT2D eigenvalue weighted by Gasteiger charge is 2.40. The Morgan fingerprint density at radius 3 is 2.72 bits per heavy atom. The first-order valence-corrected chi connectivity index (χ1v) is 13.1. The maximum atomic E-state index is 12.9. The van der Waals surface area contributed by atoms with Crippen LogP contribution >= 0.6 is 12.2 Å². The van der Waals surface area contributed by atoms with Crippen molar-refractivity contribution in [1.29, 1.82) is 0 Å². The van der Waals surface area contributed by atoms with Crippen molar-refractivity contribution in [2.75, 3.05) is 19.0 Å². The lowest BCUT2D eigenvalue weighted by atomic mass is 9.95. The molecule has 0 radical (unpaired) electrons. The molecule has 1 aromatic carbocycles. The van der Waals surface area contributed by atoms with Crippen molar-refractivity contribution >= 4 is 28.9 Å². The standard InChI is InChI=1S/C28H33N5O2S/c1-35-24-13-6-5-11-22(24)30-25(34)15-18-33-27(26(31-28(33)36)23-12-7-8-16-29-23)20-14-17-32(19-20)21-9-3-2-4-10-21/h5-8,11-14,16-17,19,21,26-27H,2-4,9-10,15,18H2,1H3,(H,30,34)(H,31,36)/t26-,27+/m0/s1. The summed E-state index contributed by atoms with van der Waals surface area (Å²) in [5.74, 6) is 0.559. The van der Waals surface area contributed by atoms with Gasteiger partial charge >= 0.3 is 0 Å². The summed E-state index contributed by atoms with van der Waals surface area (Å²) in [5, 5.41) is 7.10. The predicted octanol–water partition coefficient (Wildman–Crippen LogP) is 5.40. The third kappa shape index (κ3) is 5.23. The number of benzene rings is 1. The minimum Gasteiger partial charge on any atom is -0.495 e. The fourth-order valence-corrected chi connectivity index (χ4v) is 5.74. The van der Waals surface area contributed by atoms with Gasteiger partial charge in [0.1, 0.15) is 5.75 Å². The molecule has 188 valence electrons. The Labute approximate surface area is 217 Å². The van der Waals surface area contributed by atoms with Gasteiger partial charge in [0.25, 0.3) is 0 Å². The lowest BCUT2D eigenvalue weighted by molar-refractivity contribution is -0.116. The van der Waals surface area contributed by atoms with Crippen molar-refractivity contribution in [3.05, 3.63) is 78.4 Å². The smallest absolute Gasteiger partial charge is 0.226 e. The molecule has 36 heavy (non-hydrogen) atoms. The van der Waals surface area contributed by atoms with Gasteiger partial charge in [0.05, 0.1) is 30.6 Å². The molecule has 2 atom stereocenters. The number of rotatable bonds is 8. The number of hydrogen-bond acceptors (Lipinski definition) is 4. The quantitative estimate of drug-likeness (QED) is 0.401. The van der Waals surface area contributed by atoms with Gasteiger partial charge in [-0.3, -0.25) is 9.78 Å². The molecular formula is C28H33N5O2S. The molecule has 3 aromatic rings. The second-order valence-electron chi connectivity index (χ2n) is 9.50. The zero-order valence-corrected chi connectivity index (χ0v) is 21.4. The number of nitrogens with one attached hydrogen (secondary N) is 2. The number of pyridine rings is 1. The molecule has 1 saturated carbocycles. The van der Waals surface area contributed by atoms with E-state index < -0.39 is 0 Å². The van der Waals surface area contributed by atoms with E-state index in [1.54, 1.807) is 7.11 Å². The molecule has 0 unspecified atom stereocenters. The van der Waals surface area contributed by atoms with Crippen LogP contribution in [0.3, 0.4) is 0 Å². The molecule has 5 rings (SSSR count). The fraction of sp³-hybridized carbons (Fsp3) is 0.393. The molecule has 1 saturated heterocycles. The van der Waals surface area contributed by atoms with Gasteiger partial charge in [0.15, 0.2) is 5.11 Å². The minimum atomic E-state index is -0.0850. The largest absolute Gasteiger partial charge is 0.495 e. The maximum Gasteiger partial charge on any atom is 0.226 e. The SMILES string of the molecule is COc1ccccc1NC(=O)CCN1C(=S)N[C@@H](c2ccccn2)[C@H]1c1ccn(C2CCCCC2)c1. The zero-order chi connectivity index (χ0) is 24.9. The Bertz CT molecular complexity index is 1190. The molecule has 2 fully saturated rings. The second-order valence-corrected chi connectivity index (χ2v) is 9.89. The number of carbonyl (C=O) groups excluding carboxylic acids is 1. The third-order valence-corrected chi connectivity index (χ3v) is 7.59. The summed E-state index contributed by atoms with van der Waals surface area (Å²) >= 11 is 5.78. The van der Waals surface area contributed by atoms with Gasteiger partial charge in [-0.15, -0.1) is 0 Å². The molecule has 2 aromatic heterocycles. The van der Waals surface area contributed by atoms with Crippen LogP contribution in [0.1, 0.15) is 67.9 Å². The number of thiocarbonyl (C=S) groups is 1. The molecule has 3 heterocycles. The maximum absolute atomic E-state index is 12.9. The van der Waals surface area contributed by atoms with E-state index in [2.05, 4.69) is 43.5 Å². The van der Waals surface area contributed by atoms with Gasteiger partial charge in [-0.1, -0.05) is 37.5 Å². The van der Waals surface area contributed by atoms with Crippen LogP contribution < -0.4 is 15.4 Å². The first kappa shape index (κ1) is 24.3. The number of anilines is 1. The Morgan fingerprint density at radius 2 is 1.94 bits per heavy atom. The van der Waals surface area contributed by atoms with Crippen molar-refractivity contribution in [2.45, 2.75) is 56.7 Å². The number of methoxy groups -OCH3 is 1. The molecule has 1 aliphatic heterocycles. The summed E-state index contributed by atoms with van der Waals surface area (Å²) in [7, 11) is 1.60. The van der Waals surface area contributed by atoms with Gasteiger partial charge in [-0.05, 0) is 61.0 Å². The minimum absolute atomic E-state index is 0.0451. The van der Waals surface area contributed by atoms with Crippen molar-refractivity contribution in [3.63, 3.8) is 0 Å². The van der Waals surface area contributed by atoms with Gasteiger partial charge in [0, 0.05) is 37.6 Å². The number of carbonyl (C=O) groups is 1. The average molecular weight is 504 g/mol. The van der Waals surface area contributed by atoms with E-state index in [4.69, 9.17) is 17.0 Å². The van der Waals surface area contributed by atoms with Gasteiger partial charge in [-0.25, -0.2) is 0 Å². The Balaban J connectivity index is 1.35. The highest BCUT2D eigenvalue weighted by molar-refractivity contribution is 7.80. The van der Waals surface area contributed by atoms with Crippen LogP contribution in [0.15, 0.2) is 67.1 Å². The molecule has 0 bridgehead atoms. The van der Waals surface area contributed by atoms with E-state index in [9.17, 15) is 4.79 Å². The summed E-state index contributed by atoms with van der Waals surface area (Å²) in [5.41, 5.74) is 2.80. The van der Waals surface area contributed by atoms with E-state index in [1.807, 2.05) is 48.7 Å².